The van der Waals surface area contributed by atoms with Gasteiger partial charge in [0.15, 0.2) is 21.5 Å². The van der Waals surface area contributed by atoms with Gasteiger partial charge in [-0.3, -0.25) is 4.79 Å². The summed E-state index contributed by atoms with van der Waals surface area (Å²) in [5.41, 5.74) is 1.72. The van der Waals surface area contributed by atoms with Gasteiger partial charge in [-0.25, -0.2) is 17.8 Å². The molecule has 1 N–H and O–H groups in total. The normalized spacial score (nSPS) is 14.8. The number of carbonyl (C=O) groups is 1. The monoisotopic (exact) mass is 485 g/mol. The topological polar surface area (TPSA) is 92.5 Å². The Hall–Kier alpha value is -3.20. The molecule has 2 aromatic carbocycles. The first-order chi connectivity index (χ1) is 16.3. The number of halogens is 1. The molecule has 34 heavy (non-hydrogen) atoms. The van der Waals surface area contributed by atoms with Gasteiger partial charge in [0.2, 0.25) is 5.91 Å². The molecule has 2 heterocycles. The second-order valence-electron chi connectivity index (χ2n) is 8.35. The number of nitrogens with zero attached hydrogens (tertiary/aromatic N) is 2. The Morgan fingerprint density at radius 3 is 2.44 bits per heavy atom. The van der Waals surface area contributed by atoms with Crippen LogP contribution in [-0.2, 0) is 21.1 Å². The van der Waals surface area contributed by atoms with E-state index in [0.717, 1.165) is 37.2 Å². The predicted octanol–water partition coefficient (Wildman–Crippen LogP) is 3.99. The standard InChI is InChI=1S/C25H28FN3O4S/c1-2-34(31,32)22-9-7-21(8-10-22)29-15-13-20(14-16-29)28-24(30)11-12-25-27-17-23(33-25)18-3-5-19(26)6-4-18/h3-10,17,20H,2,11-16H2,1H3,(H,28,30). The van der Waals surface area contributed by atoms with Crippen LogP contribution in [0.4, 0.5) is 10.1 Å². The van der Waals surface area contributed by atoms with E-state index in [1.54, 1.807) is 37.4 Å². The fourth-order valence-electron chi connectivity index (χ4n) is 4.01. The van der Waals surface area contributed by atoms with Crippen molar-refractivity contribution in [2.24, 2.45) is 0 Å². The SMILES string of the molecule is CCS(=O)(=O)c1ccc(N2CCC(NC(=O)CCc3ncc(-c4ccc(F)cc4)o3)CC2)cc1. The maximum absolute atomic E-state index is 13.1. The van der Waals surface area contributed by atoms with Gasteiger partial charge in [-0.1, -0.05) is 6.92 Å². The molecule has 1 amide bonds. The molecule has 1 saturated heterocycles. The molecule has 0 radical (unpaired) electrons. The van der Waals surface area contributed by atoms with Crippen LogP contribution in [0.3, 0.4) is 0 Å². The summed E-state index contributed by atoms with van der Waals surface area (Å²) < 4.78 is 42.7. The largest absolute Gasteiger partial charge is 0.441 e. The van der Waals surface area contributed by atoms with E-state index in [1.165, 1.54) is 12.1 Å². The minimum atomic E-state index is -3.20. The number of nitrogens with one attached hydrogen (secondary N) is 1. The van der Waals surface area contributed by atoms with E-state index in [2.05, 4.69) is 15.2 Å². The molecule has 0 aliphatic carbocycles. The van der Waals surface area contributed by atoms with Gasteiger partial charge in [-0.2, -0.15) is 0 Å². The van der Waals surface area contributed by atoms with Crippen LogP contribution in [-0.4, -0.2) is 44.2 Å². The van der Waals surface area contributed by atoms with E-state index in [0.29, 0.717) is 23.0 Å². The first-order valence-electron chi connectivity index (χ1n) is 11.4. The lowest BCUT2D eigenvalue weighted by Crippen LogP contribution is -2.44. The molecular formula is C25H28FN3O4S. The summed E-state index contributed by atoms with van der Waals surface area (Å²) in [6.45, 7) is 3.20. The van der Waals surface area contributed by atoms with Crippen molar-refractivity contribution in [1.82, 2.24) is 10.3 Å². The lowest BCUT2D eigenvalue weighted by Gasteiger charge is -2.34. The highest BCUT2D eigenvalue weighted by Crippen LogP contribution is 2.23. The molecular weight excluding hydrogens is 457 g/mol. The summed E-state index contributed by atoms with van der Waals surface area (Å²) in [6.07, 6.45) is 3.87. The van der Waals surface area contributed by atoms with Gasteiger partial charge < -0.3 is 14.6 Å². The first-order valence-corrected chi connectivity index (χ1v) is 13.1. The molecule has 9 heteroatoms. The molecule has 1 fully saturated rings. The van der Waals surface area contributed by atoms with Crippen LogP contribution in [0, 0.1) is 5.82 Å². The highest BCUT2D eigenvalue weighted by Gasteiger charge is 2.22. The van der Waals surface area contributed by atoms with Crippen LogP contribution in [0.5, 0.6) is 0 Å². The van der Waals surface area contributed by atoms with Crippen molar-refractivity contribution >= 4 is 21.4 Å². The number of piperidine rings is 1. The summed E-state index contributed by atoms with van der Waals surface area (Å²) in [6, 6.07) is 13.1. The number of aryl methyl sites for hydroxylation is 1. The van der Waals surface area contributed by atoms with Crippen LogP contribution in [0.2, 0.25) is 0 Å². The minimum Gasteiger partial charge on any atom is -0.441 e. The lowest BCUT2D eigenvalue weighted by molar-refractivity contribution is -0.122. The number of hydrogen-bond donors (Lipinski definition) is 1. The van der Waals surface area contributed by atoms with Gasteiger partial charge in [-0.05, 0) is 61.4 Å². The van der Waals surface area contributed by atoms with Crippen molar-refractivity contribution in [3.63, 3.8) is 0 Å². The maximum atomic E-state index is 13.1. The number of amides is 1. The fourth-order valence-corrected chi connectivity index (χ4v) is 4.89. The van der Waals surface area contributed by atoms with Crippen LogP contribution in [0.25, 0.3) is 11.3 Å². The van der Waals surface area contributed by atoms with E-state index in [9.17, 15) is 17.6 Å². The fraction of sp³-hybridized carbons (Fsp3) is 0.360. The molecule has 180 valence electrons. The summed E-state index contributed by atoms with van der Waals surface area (Å²) in [7, 11) is -3.20. The van der Waals surface area contributed by atoms with Crippen LogP contribution in [0.1, 0.15) is 32.1 Å². The molecule has 0 atom stereocenters. The molecule has 0 unspecified atom stereocenters. The Balaban J connectivity index is 1.22. The number of oxazole rings is 1. The van der Waals surface area contributed by atoms with E-state index in [-0.39, 0.29) is 29.9 Å². The number of benzene rings is 2. The van der Waals surface area contributed by atoms with Crippen molar-refractivity contribution < 1.29 is 22.0 Å². The summed E-state index contributed by atoms with van der Waals surface area (Å²) in [5.74, 6) is 0.740. The quantitative estimate of drug-likeness (QED) is 0.519. The number of rotatable bonds is 8. The van der Waals surface area contributed by atoms with Gasteiger partial charge in [0.1, 0.15) is 5.82 Å². The molecule has 7 nitrogen and oxygen atoms in total. The van der Waals surface area contributed by atoms with Gasteiger partial charge in [-0.15, -0.1) is 0 Å². The summed E-state index contributed by atoms with van der Waals surface area (Å²) >= 11 is 0. The van der Waals surface area contributed by atoms with E-state index in [1.807, 2.05) is 12.1 Å². The maximum Gasteiger partial charge on any atom is 0.220 e. The van der Waals surface area contributed by atoms with Gasteiger partial charge >= 0.3 is 0 Å². The van der Waals surface area contributed by atoms with Crippen LogP contribution in [0.15, 0.2) is 64.0 Å². The zero-order chi connectivity index (χ0) is 24.1. The Labute approximate surface area is 198 Å². The Morgan fingerprint density at radius 2 is 1.79 bits per heavy atom. The van der Waals surface area contributed by atoms with Crippen molar-refractivity contribution in [3.8, 4) is 11.3 Å². The van der Waals surface area contributed by atoms with Crippen molar-refractivity contribution in [2.75, 3.05) is 23.7 Å². The Bertz CT molecular complexity index is 1220. The zero-order valence-corrected chi connectivity index (χ0v) is 19.9. The van der Waals surface area contributed by atoms with Crippen LogP contribution < -0.4 is 10.2 Å². The van der Waals surface area contributed by atoms with Crippen molar-refractivity contribution in [3.05, 3.63) is 66.4 Å². The summed E-state index contributed by atoms with van der Waals surface area (Å²) in [4.78, 5) is 19.2. The molecule has 1 aliphatic heterocycles. The van der Waals surface area contributed by atoms with E-state index < -0.39 is 9.84 Å². The molecule has 0 bridgehead atoms. The molecule has 0 spiro atoms. The molecule has 3 aromatic rings. The predicted molar refractivity (Wildman–Crippen MR) is 128 cm³/mol. The average Bonchev–Trinajstić information content (AvgIpc) is 3.33. The number of aromatic nitrogens is 1. The zero-order valence-electron chi connectivity index (χ0n) is 19.0. The minimum absolute atomic E-state index is 0.0471. The first kappa shape index (κ1) is 23.9. The Morgan fingerprint density at radius 1 is 1.12 bits per heavy atom. The second-order valence-corrected chi connectivity index (χ2v) is 10.6. The third-order valence-electron chi connectivity index (χ3n) is 6.05. The number of sulfone groups is 1. The summed E-state index contributed by atoms with van der Waals surface area (Å²) in [5, 5.41) is 3.09. The van der Waals surface area contributed by atoms with Crippen LogP contribution >= 0.6 is 0 Å². The van der Waals surface area contributed by atoms with Gasteiger partial charge in [0, 0.05) is 43.2 Å². The molecule has 4 rings (SSSR count). The molecule has 1 aliphatic rings. The highest BCUT2D eigenvalue weighted by atomic mass is 32.2. The third-order valence-corrected chi connectivity index (χ3v) is 7.80. The third kappa shape index (κ3) is 5.83. The smallest absolute Gasteiger partial charge is 0.220 e. The van der Waals surface area contributed by atoms with Gasteiger partial charge in [0.05, 0.1) is 16.8 Å². The second kappa shape index (κ2) is 10.4. The number of hydrogen-bond acceptors (Lipinski definition) is 6. The molecule has 1 aromatic heterocycles. The van der Waals surface area contributed by atoms with Crippen molar-refractivity contribution in [2.45, 2.75) is 43.5 Å². The number of anilines is 1. The van der Waals surface area contributed by atoms with Crippen molar-refractivity contribution in [1.29, 1.82) is 0 Å². The van der Waals surface area contributed by atoms with E-state index >= 15 is 0 Å². The average molecular weight is 486 g/mol. The van der Waals surface area contributed by atoms with Gasteiger partial charge in [0.25, 0.3) is 0 Å². The molecule has 0 saturated carbocycles. The number of carbonyl (C=O) groups excluding carboxylic acids is 1. The highest BCUT2D eigenvalue weighted by molar-refractivity contribution is 7.91. The Kier molecular flexibility index (Phi) is 7.31. The lowest BCUT2D eigenvalue weighted by atomic mass is 10.0. The van der Waals surface area contributed by atoms with E-state index in [4.69, 9.17) is 4.42 Å².